The highest BCUT2D eigenvalue weighted by Crippen LogP contribution is 2.69. The fraction of sp³-hybridized carbons (Fsp3) is 0.963. The minimum Gasteiger partial charge on any atom is -0.479 e. The summed E-state index contributed by atoms with van der Waals surface area (Å²) in [5, 5.41) is 31.5. The van der Waals surface area contributed by atoms with Gasteiger partial charge in [0.2, 0.25) is 5.67 Å². The maximum absolute atomic E-state index is 14.7. The third-order valence-corrected chi connectivity index (χ3v) is 11.3. The maximum Gasteiger partial charge on any atom is 0.341 e. The van der Waals surface area contributed by atoms with Gasteiger partial charge in [0, 0.05) is 0 Å². The van der Waals surface area contributed by atoms with E-state index < -0.39 is 11.6 Å². The summed E-state index contributed by atoms with van der Waals surface area (Å²) in [4.78, 5) is 11.4. The molecule has 0 aromatic heterocycles. The van der Waals surface area contributed by atoms with Crippen LogP contribution in [0.1, 0.15) is 92.4 Å². The molecule has 0 aliphatic heterocycles. The number of fused-ring (bicyclic) bond motifs is 5. The standard InChI is InChI=1S/C27H45FO4/c1-6-17-21-13-16(29)9-11-26(21,4)20-10-12-25(3)18(7-8-19(25)22(20)23(17)30)15(2)14-27(5,28)24(31)32/h15-23,29-30H,6-14H2,1-5H3,(H,31,32)/t15-,16-,17-,18-,19?,20?,21+,22?,23-,25-,26-,27?/m1/s1. The number of aliphatic carboxylic acids is 1. The average molecular weight is 453 g/mol. The molecule has 0 aromatic carbocycles. The van der Waals surface area contributed by atoms with Crippen LogP contribution in [0.25, 0.3) is 0 Å². The van der Waals surface area contributed by atoms with Crippen LogP contribution in [0.4, 0.5) is 4.39 Å². The highest BCUT2D eigenvalue weighted by Gasteiger charge is 2.65. The topological polar surface area (TPSA) is 77.8 Å². The first-order valence-corrected chi connectivity index (χ1v) is 13.1. The number of aliphatic hydroxyl groups excluding tert-OH is 2. The van der Waals surface area contributed by atoms with Crippen molar-refractivity contribution in [2.45, 2.75) is 110 Å². The first-order chi connectivity index (χ1) is 14.9. The van der Waals surface area contributed by atoms with Crippen molar-refractivity contribution in [1.29, 1.82) is 0 Å². The van der Waals surface area contributed by atoms with Crippen LogP contribution in [-0.4, -0.2) is 39.2 Å². The second-order valence-electron chi connectivity index (χ2n) is 12.8. The van der Waals surface area contributed by atoms with Crippen LogP contribution in [0.5, 0.6) is 0 Å². The van der Waals surface area contributed by atoms with Gasteiger partial charge in [0.25, 0.3) is 0 Å². The van der Waals surface area contributed by atoms with Crippen LogP contribution in [0.2, 0.25) is 0 Å². The average Bonchev–Trinajstić information content (AvgIpc) is 3.06. The van der Waals surface area contributed by atoms with Crippen LogP contribution in [0, 0.1) is 52.3 Å². The first kappa shape index (κ1) is 24.4. The van der Waals surface area contributed by atoms with Crippen molar-refractivity contribution in [3.63, 3.8) is 0 Å². The Morgan fingerprint density at radius 3 is 2.31 bits per heavy atom. The van der Waals surface area contributed by atoms with Gasteiger partial charge in [0.05, 0.1) is 12.2 Å². The quantitative estimate of drug-likeness (QED) is 0.518. The molecule has 0 saturated heterocycles. The number of carbonyl (C=O) groups is 1. The molecular weight excluding hydrogens is 407 g/mol. The van der Waals surface area contributed by atoms with Crippen LogP contribution in [0.15, 0.2) is 0 Å². The largest absolute Gasteiger partial charge is 0.479 e. The van der Waals surface area contributed by atoms with Crippen molar-refractivity contribution >= 4 is 5.97 Å². The predicted molar refractivity (Wildman–Crippen MR) is 123 cm³/mol. The Hall–Kier alpha value is -0.680. The molecule has 0 heterocycles. The minimum atomic E-state index is -2.19. The van der Waals surface area contributed by atoms with Gasteiger partial charge in [-0.25, -0.2) is 9.18 Å². The van der Waals surface area contributed by atoms with Gasteiger partial charge >= 0.3 is 5.97 Å². The molecule has 4 nitrogen and oxygen atoms in total. The lowest BCUT2D eigenvalue weighted by molar-refractivity contribution is -0.203. The summed E-state index contributed by atoms with van der Waals surface area (Å²) >= 11 is 0. The van der Waals surface area contributed by atoms with Gasteiger partial charge in [-0.05, 0) is 111 Å². The van der Waals surface area contributed by atoms with Crippen molar-refractivity contribution in [2.75, 3.05) is 0 Å². The Kier molecular flexibility index (Phi) is 6.28. The molecule has 184 valence electrons. The number of halogens is 1. The molecular formula is C27H45FO4. The lowest BCUT2D eigenvalue weighted by Crippen LogP contribution is -2.62. The van der Waals surface area contributed by atoms with Crippen molar-refractivity contribution in [3.8, 4) is 0 Å². The number of hydrogen-bond donors (Lipinski definition) is 3. The van der Waals surface area contributed by atoms with E-state index in [1.54, 1.807) is 0 Å². The Balaban J connectivity index is 1.62. The van der Waals surface area contributed by atoms with Gasteiger partial charge in [0.1, 0.15) is 0 Å². The summed E-state index contributed by atoms with van der Waals surface area (Å²) < 4.78 is 14.7. The molecule has 0 bridgehead atoms. The fourth-order valence-electron chi connectivity index (χ4n) is 9.77. The zero-order valence-corrected chi connectivity index (χ0v) is 20.7. The Morgan fingerprint density at radius 2 is 1.69 bits per heavy atom. The van der Waals surface area contributed by atoms with E-state index in [0.29, 0.717) is 23.7 Å². The fourth-order valence-corrected chi connectivity index (χ4v) is 9.77. The number of carboxylic acids is 1. The third-order valence-electron chi connectivity index (χ3n) is 11.3. The molecule has 0 amide bonds. The van der Waals surface area contributed by atoms with Gasteiger partial charge in [0.15, 0.2) is 0 Å². The van der Waals surface area contributed by atoms with Crippen molar-refractivity contribution < 1.29 is 24.5 Å². The molecule has 32 heavy (non-hydrogen) atoms. The molecule has 4 aliphatic carbocycles. The summed E-state index contributed by atoms with van der Waals surface area (Å²) in [6.07, 6.45) is 7.39. The number of aliphatic hydroxyl groups is 2. The Labute approximate surface area is 193 Å². The number of rotatable bonds is 5. The molecule has 12 atom stereocenters. The van der Waals surface area contributed by atoms with E-state index in [1.807, 2.05) is 6.92 Å². The summed E-state index contributed by atoms with van der Waals surface area (Å²) in [6, 6.07) is 0. The van der Waals surface area contributed by atoms with Gasteiger partial charge in [-0.1, -0.05) is 34.1 Å². The summed E-state index contributed by atoms with van der Waals surface area (Å²) in [6.45, 7) is 10.2. The summed E-state index contributed by atoms with van der Waals surface area (Å²) in [5.41, 5.74) is -1.98. The van der Waals surface area contributed by atoms with Crippen LogP contribution >= 0.6 is 0 Å². The molecule has 0 spiro atoms. The van der Waals surface area contributed by atoms with Crippen molar-refractivity contribution in [2.24, 2.45) is 52.3 Å². The zero-order valence-electron chi connectivity index (χ0n) is 20.7. The van der Waals surface area contributed by atoms with E-state index in [4.69, 9.17) is 0 Å². The Morgan fingerprint density at radius 1 is 1.06 bits per heavy atom. The normalized spacial score (nSPS) is 51.1. The maximum atomic E-state index is 14.7. The third kappa shape index (κ3) is 3.56. The van der Waals surface area contributed by atoms with Gasteiger partial charge in [-0.3, -0.25) is 0 Å². The van der Waals surface area contributed by atoms with Gasteiger partial charge in [-0.2, -0.15) is 0 Å². The van der Waals surface area contributed by atoms with Crippen molar-refractivity contribution in [1.82, 2.24) is 0 Å². The van der Waals surface area contributed by atoms with Crippen LogP contribution in [-0.2, 0) is 4.79 Å². The van der Waals surface area contributed by atoms with E-state index >= 15 is 0 Å². The molecule has 3 N–H and O–H groups in total. The number of hydrogen-bond acceptors (Lipinski definition) is 3. The second kappa shape index (κ2) is 8.22. The minimum absolute atomic E-state index is 0.00326. The van der Waals surface area contributed by atoms with E-state index in [-0.39, 0.29) is 47.2 Å². The monoisotopic (exact) mass is 452 g/mol. The number of carboxylic acid groups (broad SMARTS) is 1. The van der Waals surface area contributed by atoms with E-state index in [9.17, 15) is 24.5 Å². The number of alkyl halides is 1. The van der Waals surface area contributed by atoms with Crippen molar-refractivity contribution in [3.05, 3.63) is 0 Å². The molecule has 4 aliphatic rings. The van der Waals surface area contributed by atoms with Gasteiger partial charge in [-0.15, -0.1) is 0 Å². The summed E-state index contributed by atoms with van der Waals surface area (Å²) in [5.74, 6) is 0.723. The highest BCUT2D eigenvalue weighted by molar-refractivity contribution is 5.76. The first-order valence-electron chi connectivity index (χ1n) is 13.1. The van der Waals surface area contributed by atoms with E-state index in [2.05, 4.69) is 20.8 Å². The zero-order chi connectivity index (χ0) is 23.6. The predicted octanol–water partition coefficient (Wildman–Crippen LogP) is 5.45. The second-order valence-corrected chi connectivity index (χ2v) is 12.8. The van der Waals surface area contributed by atoms with Crippen LogP contribution < -0.4 is 0 Å². The SMILES string of the molecule is CC[C@H]1[C@@H](O)C2C3CC[C@H]([C@H](C)CC(C)(F)C(=O)O)[C@@]3(C)CCC2[C@@]2(C)CC[C@@H](O)C[C@@H]12. The van der Waals surface area contributed by atoms with Gasteiger partial charge < -0.3 is 15.3 Å². The smallest absolute Gasteiger partial charge is 0.341 e. The molecule has 5 heteroatoms. The molecule has 4 saturated carbocycles. The lowest BCUT2D eigenvalue weighted by Gasteiger charge is -2.64. The highest BCUT2D eigenvalue weighted by atomic mass is 19.1. The van der Waals surface area contributed by atoms with Crippen LogP contribution in [0.3, 0.4) is 0 Å². The summed E-state index contributed by atoms with van der Waals surface area (Å²) in [7, 11) is 0. The molecule has 0 aromatic rings. The molecule has 4 unspecified atom stereocenters. The Bertz CT molecular complexity index is 724. The van der Waals surface area contributed by atoms with E-state index in [1.165, 1.54) is 6.92 Å². The van der Waals surface area contributed by atoms with E-state index in [0.717, 1.165) is 51.4 Å². The molecule has 4 fully saturated rings. The molecule has 4 rings (SSSR count). The molecule has 0 radical (unpaired) electrons. The lowest BCUT2D eigenvalue weighted by atomic mass is 9.41.